The van der Waals surface area contributed by atoms with Crippen molar-refractivity contribution in [3.63, 3.8) is 0 Å². The van der Waals surface area contributed by atoms with Gasteiger partial charge in [0.2, 0.25) is 0 Å². The van der Waals surface area contributed by atoms with Crippen LogP contribution in [0.5, 0.6) is 0 Å². The molecule has 0 aromatic carbocycles. The number of carbonyl (C=O) groups excluding carboxylic acids is 1. The summed E-state index contributed by atoms with van der Waals surface area (Å²) in [4.78, 5) is 19.6. The SMILES string of the molecule is COC(=O)C1(C)OCOO1. The van der Waals surface area contributed by atoms with Crippen LogP contribution in [0.15, 0.2) is 0 Å². The molecule has 58 valence electrons. The smallest absolute Gasteiger partial charge is 0.369 e. The molecule has 0 amide bonds. The van der Waals surface area contributed by atoms with Crippen molar-refractivity contribution in [3.05, 3.63) is 0 Å². The maximum atomic E-state index is 10.8. The lowest BCUT2D eigenvalue weighted by Crippen LogP contribution is -2.37. The van der Waals surface area contributed by atoms with Crippen LogP contribution in [0.2, 0.25) is 0 Å². The summed E-state index contributed by atoms with van der Waals surface area (Å²) in [6.45, 7) is 1.37. The van der Waals surface area contributed by atoms with Crippen molar-refractivity contribution in [1.82, 2.24) is 0 Å². The first-order valence-corrected chi connectivity index (χ1v) is 2.72. The maximum Gasteiger partial charge on any atom is 0.369 e. The van der Waals surface area contributed by atoms with Crippen molar-refractivity contribution < 1.29 is 24.0 Å². The van der Waals surface area contributed by atoms with Gasteiger partial charge in [-0.2, -0.15) is 4.89 Å². The second-order valence-electron chi connectivity index (χ2n) is 1.90. The van der Waals surface area contributed by atoms with Gasteiger partial charge >= 0.3 is 5.97 Å². The predicted molar refractivity (Wildman–Crippen MR) is 28.5 cm³/mol. The Kier molecular flexibility index (Phi) is 1.89. The molecule has 0 aromatic rings. The average Bonchev–Trinajstić information content (AvgIpc) is 2.36. The van der Waals surface area contributed by atoms with E-state index in [1.807, 2.05) is 0 Å². The standard InChI is InChI=1S/C5H8O5/c1-5(4(6)7-2)8-3-9-10-5/h3H2,1-2H3. The van der Waals surface area contributed by atoms with Crippen molar-refractivity contribution in [1.29, 1.82) is 0 Å². The van der Waals surface area contributed by atoms with E-state index in [9.17, 15) is 4.79 Å². The Labute approximate surface area is 57.7 Å². The third kappa shape index (κ3) is 1.11. The van der Waals surface area contributed by atoms with Gasteiger partial charge in [-0.3, -0.25) is 0 Å². The van der Waals surface area contributed by atoms with Crippen molar-refractivity contribution >= 4 is 5.97 Å². The van der Waals surface area contributed by atoms with Crippen LogP contribution < -0.4 is 0 Å². The number of carbonyl (C=O) groups is 1. The lowest BCUT2D eigenvalue weighted by Gasteiger charge is -2.14. The fourth-order valence-electron chi connectivity index (χ4n) is 0.575. The average molecular weight is 148 g/mol. The van der Waals surface area contributed by atoms with Crippen LogP contribution in [0.25, 0.3) is 0 Å². The predicted octanol–water partition coefficient (Wildman–Crippen LogP) is -0.189. The lowest BCUT2D eigenvalue weighted by atomic mass is 10.3. The number of rotatable bonds is 1. The van der Waals surface area contributed by atoms with E-state index in [0.29, 0.717) is 0 Å². The fourth-order valence-corrected chi connectivity index (χ4v) is 0.575. The molecule has 0 aliphatic carbocycles. The van der Waals surface area contributed by atoms with Gasteiger partial charge in [0, 0.05) is 6.92 Å². The minimum Gasteiger partial charge on any atom is -0.465 e. The Balaban J connectivity index is 2.58. The van der Waals surface area contributed by atoms with Gasteiger partial charge in [-0.15, -0.1) is 0 Å². The molecule has 10 heavy (non-hydrogen) atoms. The summed E-state index contributed by atoms with van der Waals surface area (Å²) in [6.07, 6.45) is 0. The summed E-state index contributed by atoms with van der Waals surface area (Å²) >= 11 is 0. The Hall–Kier alpha value is -0.650. The summed E-state index contributed by atoms with van der Waals surface area (Å²) in [5.41, 5.74) is 0. The molecular weight excluding hydrogens is 140 g/mol. The Morgan fingerprint density at radius 1 is 1.70 bits per heavy atom. The molecule has 5 nitrogen and oxygen atoms in total. The third-order valence-corrected chi connectivity index (χ3v) is 1.16. The van der Waals surface area contributed by atoms with Gasteiger partial charge in [0.1, 0.15) is 0 Å². The molecule has 0 saturated carbocycles. The zero-order valence-corrected chi connectivity index (χ0v) is 5.75. The maximum absolute atomic E-state index is 10.8. The summed E-state index contributed by atoms with van der Waals surface area (Å²) in [5, 5.41) is 0. The molecule has 0 spiro atoms. The first-order chi connectivity index (χ1) is 4.69. The van der Waals surface area contributed by atoms with Crippen molar-refractivity contribution in [2.75, 3.05) is 13.9 Å². The molecule has 1 atom stereocenters. The highest BCUT2D eigenvalue weighted by Crippen LogP contribution is 2.20. The van der Waals surface area contributed by atoms with Crippen LogP contribution in [0.3, 0.4) is 0 Å². The van der Waals surface area contributed by atoms with E-state index in [4.69, 9.17) is 4.74 Å². The van der Waals surface area contributed by atoms with Gasteiger partial charge in [0.25, 0.3) is 5.79 Å². The highest BCUT2D eigenvalue weighted by Gasteiger charge is 2.42. The summed E-state index contributed by atoms with van der Waals surface area (Å²) in [5.74, 6) is -1.99. The first-order valence-electron chi connectivity index (χ1n) is 2.72. The number of ether oxygens (including phenoxy) is 2. The molecule has 0 radical (unpaired) electrons. The van der Waals surface area contributed by atoms with Gasteiger partial charge in [0.05, 0.1) is 7.11 Å². The number of hydrogen-bond acceptors (Lipinski definition) is 5. The van der Waals surface area contributed by atoms with Crippen molar-refractivity contribution in [2.45, 2.75) is 12.7 Å². The quantitative estimate of drug-likeness (QED) is 0.381. The number of esters is 1. The molecule has 1 aliphatic heterocycles. The van der Waals surface area contributed by atoms with E-state index >= 15 is 0 Å². The van der Waals surface area contributed by atoms with Crippen LogP contribution >= 0.6 is 0 Å². The molecule has 0 N–H and O–H groups in total. The van der Waals surface area contributed by atoms with E-state index in [-0.39, 0.29) is 6.79 Å². The molecule has 1 aliphatic rings. The zero-order valence-electron chi connectivity index (χ0n) is 5.75. The molecule has 1 saturated heterocycles. The highest BCUT2D eigenvalue weighted by atomic mass is 17.3. The highest BCUT2D eigenvalue weighted by molar-refractivity contribution is 5.77. The van der Waals surface area contributed by atoms with Gasteiger partial charge < -0.3 is 9.47 Å². The normalized spacial score (nSPS) is 32.2. The second-order valence-corrected chi connectivity index (χ2v) is 1.90. The van der Waals surface area contributed by atoms with E-state index in [1.165, 1.54) is 14.0 Å². The van der Waals surface area contributed by atoms with Crippen LogP contribution in [0, 0.1) is 0 Å². The fraction of sp³-hybridized carbons (Fsp3) is 0.800. The van der Waals surface area contributed by atoms with Crippen LogP contribution in [-0.4, -0.2) is 25.7 Å². The van der Waals surface area contributed by atoms with E-state index in [0.717, 1.165) is 0 Å². The summed E-state index contributed by atoms with van der Waals surface area (Å²) in [6, 6.07) is 0. The molecule has 1 fully saturated rings. The van der Waals surface area contributed by atoms with Gasteiger partial charge in [0.15, 0.2) is 6.79 Å². The molecule has 0 bridgehead atoms. The van der Waals surface area contributed by atoms with Crippen LogP contribution in [0.4, 0.5) is 0 Å². The number of methoxy groups -OCH3 is 1. The molecule has 0 aromatic heterocycles. The van der Waals surface area contributed by atoms with Gasteiger partial charge in [-0.1, -0.05) is 0 Å². The summed E-state index contributed by atoms with van der Waals surface area (Å²) < 4.78 is 9.14. The van der Waals surface area contributed by atoms with E-state index in [2.05, 4.69) is 14.5 Å². The third-order valence-electron chi connectivity index (χ3n) is 1.16. The number of hydrogen-bond donors (Lipinski definition) is 0. The Morgan fingerprint density at radius 2 is 2.40 bits per heavy atom. The minimum absolute atomic E-state index is 0.0500. The van der Waals surface area contributed by atoms with Gasteiger partial charge in [-0.05, 0) is 0 Å². The Bertz CT molecular complexity index is 137. The van der Waals surface area contributed by atoms with E-state index < -0.39 is 11.8 Å². The second kappa shape index (κ2) is 2.53. The van der Waals surface area contributed by atoms with Crippen molar-refractivity contribution in [3.8, 4) is 0 Å². The summed E-state index contributed by atoms with van der Waals surface area (Å²) in [7, 11) is 1.25. The van der Waals surface area contributed by atoms with Crippen LogP contribution in [0.1, 0.15) is 6.92 Å². The minimum atomic E-state index is -1.38. The first kappa shape index (κ1) is 7.46. The van der Waals surface area contributed by atoms with Gasteiger partial charge in [-0.25, -0.2) is 9.68 Å². The molecule has 1 rings (SSSR count). The lowest BCUT2D eigenvalue weighted by molar-refractivity contribution is -0.309. The van der Waals surface area contributed by atoms with E-state index in [1.54, 1.807) is 0 Å². The molecular formula is C5H8O5. The monoisotopic (exact) mass is 148 g/mol. The topological polar surface area (TPSA) is 54.0 Å². The molecule has 1 heterocycles. The van der Waals surface area contributed by atoms with Crippen LogP contribution in [-0.2, 0) is 24.0 Å². The largest absolute Gasteiger partial charge is 0.465 e. The zero-order chi connectivity index (χ0) is 7.61. The molecule has 1 unspecified atom stereocenters. The van der Waals surface area contributed by atoms with Crippen molar-refractivity contribution in [2.24, 2.45) is 0 Å². The molecule has 5 heteroatoms. The Morgan fingerprint density at radius 3 is 2.80 bits per heavy atom.